The molecule has 0 bridgehead atoms. The zero-order valence-corrected chi connectivity index (χ0v) is 11.3. The molecule has 0 fully saturated rings. The molecule has 0 unspecified atom stereocenters. The number of hydrogen-bond acceptors (Lipinski definition) is 2. The van der Waals surface area contributed by atoms with Crippen LogP contribution in [-0.4, -0.2) is 10.8 Å². The zero-order valence-electron chi connectivity index (χ0n) is 11.3. The summed E-state index contributed by atoms with van der Waals surface area (Å²) in [5.74, 6) is -2.78. The average molecular weight is 296 g/mol. The van der Waals surface area contributed by atoms with Crippen molar-refractivity contribution in [3.63, 3.8) is 0 Å². The number of rotatable bonds is 1. The van der Waals surface area contributed by atoms with Crippen molar-refractivity contribution < 1.29 is 13.6 Å². The summed E-state index contributed by atoms with van der Waals surface area (Å²) >= 11 is 0. The van der Waals surface area contributed by atoms with Gasteiger partial charge in [0.2, 0.25) is 0 Å². The second kappa shape index (κ2) is 5.41. The topological polar surface area (TPSA) is 44.1 Å². The Labute approximate surface area is 125 Å². The number of hydrogen-bond donors (Lipinski definition) is 0. The van der Waals surface area contributed by atoms with E-state index in [2.05, 4.69) is 0 Å². The van der Waals surface area contributed by atoms with Gasteiger partial charge in [-0.3, -0.25) is 9.69 Å². The normalized spacial score (nSPS) is 16.0. The van der Waals surface area contributed by atoms with E-state index in [1.54, 1.807) is 18.2 Å². The fourth-order valence-corrected chi connectivity index (χ4v) is 2.46. The lowest BCUT2D eigenvalue weighted by atomic mass is 9.96. The first-order chi connectivity index (χ1) is 10.6. The van der Waals surface area contributed by atoms with Gasteiger partial charge in [-0.1, -0.05) is 30.3 Å². The second-order valence-corrected chi connectivity index (χ2v) is 4.79. The third-order valence-electron chi connectivity index (χ3n) is 3.52. The molecular weight excluding hydrogens is 286 g/mol. The zero-order chi connectivity index (χ0) is 15.7. The Morgan fingerprint density at radius 2 is 1.77 bits per heavy atom. The fraction of sp³-hybridized carbons (Fsp3) is 0.0588. The molecule has 3 rings (SSSR count). The predicted octanol–water partition coefficient (Wildman–Crippen LogP) is 3.66. The van der Waals surface area contributed by atoms with Crippen LogP contribution in [0.25, 0.3) is 6.08 Å². The van der Waals surface area contributed by atoms with Gasteiger partial charge in [0.15, 0.2) is 0 Å². The Bertz CT molecular complexity index is 803. The molecule has 22 heavy (non-hydrogen) atoms. The van der Waals surface area contributed by atoms with E-state index in [0.29, 0.717) is 5.56 Å². The summed E-state index contributed by atoms with van der Waals surface area (Å²) < 4.78 is 27.6. The summed E-state index contributed by atoms with van der Waals surface area (Å²) in [5.41, 5.74) is 0.761. The number of nitrogens with zero attached hydrogens (tertiary/aromatic N) is 2. The number of carbonyl (C=O) groups excluding carboxylic acids is 1. The van der Waals surface area contributed by atoms with Gasteiger partial charge >= 0.3 is 0 Å². The molecule has 0 spiro atoms. The van der Waals surface area contributed by atoms with Crippen molar-refractivity contribution in [3.05, 3.63) is 77.0 Å². The van der Waals surface area contributed by atoms with Crippen molar-refractivity contribution in [1.82, 2.24) is 4.90 Å². The highest BCUT2D eigenvalue weighted by Crippen LogP contribution is 2.31. The highest BCUT2D eigenvalue weighted by atomic mass is 19.1. The first kappa shape index (κ1) is 14.0. The van der Waals surface area contributed by atoms with Gasteiger partial charge < -0.3 is 0 Å². The number of halogens is 2. The third-order valence-corrected chi connectivity index (χ3v) is 3.52. The third kappa shape index (κ3) is 2.15. The van der Waals surface area contributed by atoms with Gasteiger partial charge in [-0.2, -0.15) is 5.26 Å². The number of fused-ring (bicyclic) bond motifs is 1. The van der Waals surface area contributed by atoms with Crippen LogP contribution in [-0.2, 0) is 0 Å². The van der Waals surface area contributed by atoms with Crippen molar-refractivity contribution >= 4 is 12.0 Å². The van der Waals surface area contributed by atoms with Crippen LogP contribution in [0.15, 0.2) is 48.7 Å². The molecule has 1 heterocycles. The number of benzene rings is 2. The lowest BCUT2D eigenvalue weighted by Crippen LogP contribution is -2.33. The molecule has 5 heteroatoms. The van der Waals surface area contributed by atoms with Crippen LogP contribution < -0.4 is 0 Å². The molecule has 0 aromatic heterocycles. The van der Waals surface area contributed by atoms with Crippen molar-refractivity contribution in [1.29, 1.82) is 5.26 Å². The molecule has 0 radical (unpaired) electrons. The maximum absolute atomic E-state index is 13.8. The van der Waals surface area contributed by atoms with Gasteiger partial charge in [0.25, 0.3) is 5.91 Å². The van der Waals surface area contributed by atoms with E-state index in [9.17, 15) is 18.8 Å². The summed E-state index contributed by atoms with van der Waals surface area (Å²) in [6.45, 7) is 0. The molecule has 2 aromatic rings. The molecule has 108 valence electrons. The lowest BCUT2D eigenvalue weighted by molar-refractivity contribution is 0.0784. The van der Waals surface area contributed by atoms with Crippen LogP contribution in [0.4, 0.5) is 8.78 Å². The van der Waals surface area contributed by atoms with E-state index in [4.69, 9.17) is 0 Å². The molecule has 0 N–H and O–H groups in total. The van der Waals surface area contributed by atoms with Crippen LogP contribution >= 0.6 is 0 Å². The standard InChI is InChI=1S/C17H10F2N2O/c18-13-6-3-7-14(19)16(13)17(22)21-9-8-11-4-1-2-5-12(11)15(21)10-20/h1-9,15H/t15-/m0/s1. The molecule has 3 nitrogen and oxygen atoms in total. The van der Waals surface area contributed by atoms with Gasteiger partial charge in [0.1, 0.15) is 23.2 Å². The highest BCUT2D eigenvalue weighted by Gasteiger charge is 2.31. The minimum absolute atomic E-state index is 0.623. The van der Waals surface area contributed by atoms with Gasteiger partial charge in [0, 0.05) is 6.20 Å². The Morgan fingerprint density at radius 3 is 2.45 bits per heavy atom. The van der Waals surface area contributed by atoms with E-state index < -0.39 is 29.1 Å². The second-order valence-electron chi connectivity index (χ2n) is 4.79. The Hall–Kier alpha value is -3.00. The molecule has 1 aliphatic heterocycles. The van der Waals surface area contributed by atoms with Gasteiger partial charge in [0.05, 0.1) is 6.07 Å². The van der Waals surface area contributed by atoms with Gasteiger partial charge in [-0.05, 0) is 29.3 Å². The van der Waals surface area contributed by atoms with Crippen molar-refractivity contribution in [2.24, 2.45) is 0 Å². The highest BCUT2D eigenvalue weighted by molar-refractivity contribution is 5.96. The molecule has 1 amide bonds. The van der Waals surface area contributed by atoms with E-state index in [1.807, 2.05) is 18.2 Å². The molecule has 0 aliphatic carbocycles. The Kier molecular flexibility index (Phi) is 3.43. The summed E-state index contributed by atoms with van der Waals surface area (Å²) in [4.78, 5) is 13.5. The Balaban J connectivity index is 2.07. The monoisotopic (exact) mass is 296 g/mol. The maximum Gasteiger partial charge on any atom is 0.265 e. The molecule has 1 aliphatic rings. The number of carbonyl (C=O) groups is 1. The van der Waals surface area contributed by atoms with E-state index in [-0.39, 0.29) is 0 Å². The average Bonchev–Trinajstić information content (AvgIpc) is 2.53. The largest absolute Gasteiger partial charge is 0.294 e. The number of nitriles is 1. The Morgan fingerprint density at radius 1 is 1.09 bits per heavy atom. The van der Waals surface area contributed by atoms with Crippen molar-refractivity contribution in [2.75, 3.05) is 0 Å². The first-order valence-electron chi connectivity index (χ1n) is 6.57. The van der Waals surface area contributed by atoms with Gasteiger partial charge in [-0.15, -0.1) is 0 Å². The van der Waals surface area contributed by atoms with Crippen LogP contribution in [0.3, 0.4) is 0 Å². The van der Waals surface area contributed by atoms with Crippen molar-refractivity contribution in [3.8, 4) is 6.07 Å². The number of amides is 1. The summed E-state index contributed by atoms with van der Waals surface area (Å²) in [6.07, 6.45) is 3.02. The SMILES string of the molecule is N#C[C@H]1c2ccccc2C=CN1C(=O)c1c(F)cccc1F. The van der Waals surface area contributed by atoms with Crippen molar-refractivity contribution in [2.45, 2.75) is 6.04 Å². The smallest absolute Gasteiger partial charge is 0.265 e. The van der Waals surface area contributed by atoms with Gasteiger partial charge in [-0.25, -0.2) is 8.78 Å². The molecule has 0 saturated carbocycles. The molecule has 0 saturated heterocycles. The first-order valence-corrected chi connectivity index (χ1v) is 6.57. The predicted molar refractivity (Wildman–Crippen MR) is 76.4 cm³/mol. The van der Waals surface area contributed by atoms with E-state index >= 15 is 0 Å². The molecule has 1 atom stereocenters. The van der Waals surface area contributed by atoms with Crippen LogP contribution in [0.5, 0.6) is 0 Å². The minimum atomic E-state index is -0.950. The van der Waals surface area contributed by atoms with E-state index in [1.165, 1.54) is 12.3 Å². The molecular formula is C17H10F2N2O. The van der Waals surface area contributed by atoms with E-state index in [0.717, 1.165) is 22.6 Å². The van der Waals surface area contributed by atoms with Crippen LogP contribution in [0, 0.1) is 23.0 Å². The fourth-order valence-electron chi connectivity index (χ4n) is 2.46. The van der Waals surface area contributed by atoms with Crippen LogP contribution in [0.2, 0.25) is 0 Å². The summed E-state index contributed by atoms with van der Waals surface area (Å²) in [7, 11) is 0. The lowest BCUT2D eigenvalue weighted by Gasteiger charge is -2.28. The summed E-state index contributed by atoms with van der Waals surface area (Å²) in [5, 5.41) is 9.38. The summed E-state index contributed by atoms with van der Waals surface area (Å²) in [6, 6.07) is 11.4. The van der Waals surface area contributed by atoms with Crippen LogP contribution in [0.1, 0.15) is 27.5 Å². The maximum atomic E-state index is 13.8. The molecule has 2 aromatic carbocycles. The minimum Gasteiger partial charge on any atom is -0.294 e. The quantitative estimate of drug-likeness (QED) is 0.806.